The Bertz CT molecular complexity index is 289. The van der Waals surface area contributed by atoms with Crippen molar-refractivity contribution in [3.63, 3.8) is 0 Å². The van der Waals surface area contributed by atoms with Crippen molar-refractivity contribution in [3.8, 4) is 5.75 Å². The Balaban J connectivity index is 2.78. The average Bonchev–Trinajstić information content (AvgIpc) is 2.20. The van der Waals surface area contributed by atoms with Crippen molar-refractivity contribution in [1.82, 2.24) is 5.48 Å². The molecule has 0 aliphatic carbocycles. The van der Waals surface area contributed by atoms with E-state index >= 15 is 0 Å². The number of aromatic hydroxyl groups is 1. The zero-order valence-corrected chi connectivity index (χ0v) is 8.41. The van der Waals surface area contributed by atoms with Gasteiger partial charge in [0.05, 0.1) is 13.7 Å². The van der Waals surface area contributed by atoms with E-state index in [0.717, 1.165) is 11.1 Å². The number of rotatable bonds is 5. The Morgan fingerprint density at radius 1 is 1.29 bits per heavy atom. The highest BCUT2D eigenvalue weighted by Crippen LogP contribution is 2.22. The summed E-state index contributed by atoms with van der Waals surface area (Å²) in [5.74, 6) is 0.263. The van der Waals surface area contributed by atoms with Crippen molar-refractivity contribution in [3.05, 3.63) is 29.3 Å². The lowest BCUT2D eigenvalue weighted by Crippen LogP contribution is -2.11. The van der Waals surface area contributed by atoms with Gasteiger partial charge >= 0.3 is 0 Å². The average molecular weight is 197 g/mol. The molecule has 1 rings (SSSR count). The number of hydrogen-bond acceptors (Lipinski definition) is 4. The van der Waals surface area contributed by atoms with Crippen LogP contribution in [0.1, 0.15) is 11.1 Å². The quantitative estimate of drug-likeness (QED) is 0.696. The van der Waals surface area contributed by atoms with Gasteiger partial charge in [-0.05, 0) is 0 Å². The van der Waals surface area contributed by atoms with Gasteiger partial charge < -0.3 is 14.7 Å². The molecule has 0 aliphatic heterocycles. The third-order valence-corrected chi connectivity index (χ3v) is 1.91. The van der Waals surface area contributed by atoms with Gasteiger partial charge in [-0.3, -0.25) is 0 Å². The van der Waals surface area contributed by atoms with Gasteiger partial charge in [0.2, 0.25) is 0 Å². The molecule has 0 aliphatic rings. The summed E-state index contributed by atoms with van der Waals surface area (Å²) in [5.41, 5.74) is 4.25. The van der Waals surface area contributed by atoms with Gasteiger partial charge in [-0.25, -0.2) is 0 Å². The van der Waals surface area contributed by atoms with Gasteiger partial charge in [-0.15, -0.1) is 0 Å². The number of ether oxygens (including phenoxy) is 1. The van der Waals surface area contributed by atoms with E-state index in [1.807, 2.05) is 18.2 Å². The molecule has 0 unspecified atom stereocenters. The molecule has 0 aromatic heterocycles. The van der Waals surface area contributed by atoms with E-state index in [1.165, 1.54) is 7.11 Å². The molecular weight excluding hydrogens is 182 g/mol. The Labute approximate surface area is 83.4 Å². The fourth-order valence-electron chi connectivity index (χ4n) is 1.21. The SMILES string of the molecule is COCc1cccc(CNOC)c1O. The van der Waals surface area contributed by atoms with Crippen LogP contribution in [0.15, 0.2) is 18.2 Å². The molecule has 0 amide bonds. The number of nitrogens with one attached hydrogen (secondary N) is 1. The summed E-state index contributed by atoms with van der Waals surface area (Å²) in [7, 11) is 3.13. The first kappa shape index (κ1) is 11.0. The molecule has 0 atom stereocenters. The fraction of sp³-hybridized carbons (Fsp3) is 0.400. The van der Waals surface area contributed by atoms with E-state index < -0.39 is 0 Å². The third-order valence-electron chi connectivity index (χ3n) is 1.91. The van der Waals surface area contributed by atoms with Gasteiger partial charge in [-0.2, -0.15) is 5.48 Å². The minimum absolute atomic E-state index is 0.263. The summed E-state index contributed by atoms with van der Waals surface area (Å²) in [5, 5.41) is 9.77. The predicted octanol–water partition coefficient (Wildman–Crippen LogP) is 1.19. The number of para-hydroxylation sites is 1. The van der Waals surface area contributed by atoms with Gasteiger partial charge in [0.15, 0.2) is 0 Å². The van der Waals surface area contributed by atoms with Crippen molar-refractivity contribution in [2.45, 2.75) is 13.2 Å². The Morgan fingerprint density at radius 3 is 2.64 bits per heavy atom. The smallest absolute Gasteiger partial charge is 0.125 e. The summed E-state index contributed by atoms with van der Waals surface area (Å²) in [6.07, 6.45) is 0. The van der Waals surface area contributed by atoms with Crippen molar-refractivity contribution in [2.24, 2.45) is 0 Å². The van der Waals surface area contributed by atoms with Crippen LogP contribution in [0, 0.1) is 0 Å². The molecule has 0 heterocycles. The molecule has 0 fully saturated rings. The van der Waals surface area contributed by atoms with Crippen molar-refractivity contribution < 1.29 is 14.7 Å². The van der Waals surface area contributed by atoms with E-state index in [0.29, 0.717) is 13.2 Å². The maximum absolute atomic E-state index is 9.77. The molecule has 0 radical (unpaired) electrons. The molecule has 4 nitrogen and oxygen atoms in total. The van der Waals surface area contributed by atoms with Crippen LogP contribution in [0.4, 0.5) is 0 Å². The van der Waals surface area contributed by atoms with E-state index in [1.54, 1.807) is 7.11 Å². The van der Waals surface area contributed by atoms with E-state index in [4.69, 9.17) is 9.57 Å². The molecular formula is C10H15NO3. The summed E-state index contributed by atoms with van der Waals surface area (Å²) >= 11 is 0. The molecule has 2 N–H and O–H groups in total. The van der Waals surface area contributed by atoms with Crippen LogP contribution in [0.25, 0.3) is 0 Å². The van der Waals surface area contributed by atoms with Gasteiger partial charge in [0.1, 0.15) is 5.75 Å². The molecule has 1 aromatic carbocycles. The first-order valence-corrected chi connectivity index (χ1v) is 4.34. The monoisotopic (exact) mass is 197 g/mol. The second-order valence-corrected chi connectivity index (χ2v) is 2.88. The van der Waals surface area contributed by atoms with Gasteiger partial charge in [0, 0.05) is 24.8 Å². The van der Waals surface area contributed by atoms with Crippen LogP contribution < -0.4 is 5.48 Å². The van der Waals surface area contributed by atoms with Crippen LogP contribution in [0.3, 0.4) is 0 Å². The largest absolute Gasteiger partial charge is 0.507 e. The number of phenols is 1. The van der Waals surface area contributed by atoms with E-state index in [9.17, 15) is 5.11 Å². The number of phenolic OH excluding ortho intramolecular Hbond substituents is 1. The highest BCUT2D eigenvalue weighted by atomic mass is 16.6. The van der Waals surface area contributed by atoms with Crippen molar-refractivity contribution in [2.75, 3.05) is 14.2 Å². The molecule has 0 saturated heterocycles. The topological polar surface area (TPSA) is 50.7 Å². The highest BCUT2D eigenvalue weighted by Gasteiger charge is 2.05. The maximum Gasteiger partial charge on any atom is 0.125 e. The van der Waals surface area contributed by atoms with Crippen LogP contribution in [0.5, 0.6) is 5.75 Å². The van der Waals surface area contributed by atoms with Crippen LogP contribution in [-0.2, 0) is 22.7 Å². The van der Waals surface area contributed by atoms with Crippen LogP contribution in [0.2, 0.25) is 0 Å². The summed E-state index contributed by atoms with van der Waals surface area (Å²) in [6, 6.07) is 5.54. The molecule has 1 aromatic rings. The van der Waals surface area contributed by atoms with Crippen LogP contribution >= 0.6 is 0 Å². The first-order chi connectivity index (χ1) is 6.79. The minimum Gasteiger partial charge on any atom is -0.507 e. The lowest BCUT2D eigenvalue weighted by Gasteiger charge is -2.09. The molecule has 78 valence electrons. The lowest BCUT2D eigenvalue weighted by atomic mass is 10.1. The zero-order valence-electron chi connectivity index (χ0n) is 8.41. The second kappa shape index (κ2) is 5.59. The van der Waals surface area contributed by atoms with Crippen molar-refractivity contribution >= 4 is 0 Å². The summed E-state index contributed by atoms with van der Waals surface area (Å²) in [4.78, 5) is 4.71. The number of benzene rings is 1. The lowest BCUT2D eigenvalue weighted by molar-refractivity contribution is 0.0860. The number of hydroxylamine groups is 1. The normalized spacial score (nSPS) is 10.4. The number of methoxy groups -OCH3 is 1. The molecule has 14 heavy (non-hydrogen) atoms. The zero-order chi connectivity index (χ0) is 10.4. The standard InChI is InChI=1S/C10H15NO3/c1-13-7-9-5-3-4-8(10(9)12)6-11-14-2/h3-5,11-12H,6-7H2,1-2H3. The van der Waals surface area contributed by atoms with Crippen LogP contribution in [-0.4, -0.2) is 19.3 Å². The van der Waals surface area contributed by atoms with Gasteiger partial charge in [-0.1, -0.05) is 18.2 Å². The maximum atomic E-state index is 9.77. The fourth-order valence-corrected chi connectivity index (χ4v) is 1.21. The number of hydrogen-bond donors (Lipinski definition) is 2. The molecule has 4 heteroatoms. The van der Waals surface area contributed by atoms with Crippen molar-refractivity contribution in [1.29, 1.82) is 0 Å². The second-order valence-electron chi connectivity index (χ2n) is 2.88. The molecule has 0 spiro atoms. The molecule has 0 bridgehead atoms. The Morgan fingerprint density at radius 2 is 2.00 bits per heavy atom. The summed E-state index contributed by atoms with van der Waals surface area (Å²) < 4.78 is 4.96. The Hall–Kier alpha value is -1.10. The third kappa shape index (κ3) is 2.70. The highest BCUT2D eigenvalue weighted by molar-refractivity contribution is 5.39. The first-order valence-electron chi connectivity index (χ1n) is 4.34. The minimum atomic E-state index is 0.263. The molecule has 0 saturated carbocycles. The van der Waals surface area contributed by atoms with Gasteiger partial charge in [0.25, 0.3) is 0 Å². The summed E-state index contributed by atoms with van der Waals surface area (Å²) in [6.45, 7) is 0.881. The predicted molar refractivity (Wildman–Crippen MR) is 52.7 cm³/mol. The Kier molecular flexibility index (Phi) is 4.39. The van der Waals surface area contributed by atoms with E-state index in [-0.39, 0.29) is 5.75 Å². The van der Waals surface area contributed by atoms with E-state index in [2.05, 4.69) is 5.48 Å².